The zero-order valence-corrected chi connectivity index (χ0v) is 45.2. The van der Waals surface area contributed by atoms with E-state index in [-0.39, 0.29) is 49.7 Å². The molecule has 0 radical (unpaired) electrons. The zero-order chi connectivity index (χ0) is 57.9. The minimum absolute atomic E-state index is 0.0567. The number of aromatic nitrogens is 1. The number of hydrogen-bond acceptors (Lipinski definition) is 11. The Bertz CT molecular complexity index is 2890. The number of phenols is 1. The Balaban J connectivity index is 1.43. The molecule has 21 nitrogen and oxygen atoms in total. The summed E-state index contributed by atoms with van der Waals surface area (Å²) < 4.78 is 0. The molecule has 0 aliphatic rings. The van der Waals surface area contributed by atoms with Gasteiger partial charge in [-0.1, -0.05) is 133 Å². The van der Waals surface area contributed by atoms with Crippen LogP contribution in [-0.2, 0) is 68.8 Å². The molecule has 0 saturated carbocycles. The van der Waals surface area contributed by atoms with Gasteiger partial charge in [-0.2, -0.15) is 0 Å². The van der Waals surface area contributed by atoms with Gasteiger partial charge in [0.05, 0.1) is 12.5 Å². The maximum Gasteiger partial charge on any atom is 0.326 e. The lowest BCUT2D eigenvalue weighted by Crippen LogP contribution is -2.61. The highest BCUT2D eigenvalue weighted by atomic mass is 16.4. The number of phenolic OH excluding ortho intramolecular Hbond substituents is 1. The normalized spacial score (nSPS) is 14.4. The summed E-state index contributed by atoms with van der Waals surface area (Å²) in [6.07, 6.45) is 0.329. The van der Waals surface area contributed by atoms with Gasteiger partial charge >= 0.3 is 11.9 Å². The first-order valence-corrected chi connectivity index (χ1v) is 26.2. The third-order valence-electron chi connectivity index (χ3n) is 13.2. The summed E-state index contributed by atoms with van der Waals surface area (Å²) in [5.41, 5.74) is 9.15. The highest BCUT2D eigenvalue weighted by molar-refractivity contribution is 5.99. The standard InChI is InChI=1S/C58H73N9O12/c1-32(2)25-47(58(78)79)66-53(73)45(29-38-31-60-41-20-14-13-19-40(38)41)65-57(77)50(34(5)6)67-55(75)44(27-36-17-11-8-12-18-36)62-51(71)42(26-35-15-9-7-10-16-35)61-54(74)46(30-48(69)70)63-52(72)43(64-56(76)49(59)33(3)4)28-37-21-23-39(68)24-22-37/h7-24,31-34,42-47,49-50,60,68H,25-30,59H2,1-6H3,(H,61,74)(H,62,71)(H,63,72)(H,64,76)(H,65,77)(H,66,73)(H,67,75)(H,69,70)(H,78,79)/t42-,43-,44-,45-,46-,47-,49-,50-/m0/s1. The van der Waals surface area contributed by atoms with Crippen LogP contribution >= 0.6 is 0 Å². The highest BCUT2D eigenvalue weighted by Gasteiger charge is 2.36. The molecule has 1 aromatic heterocycles. The van der Waals surface area contributed by atoms with Crippen LogP contribution < -0.4 is 43.0 Å². The molecule has 21 heteroatoms. The SMILES string of the molecule is CC(C)C[C@H](NC(=O)[C@H](Cc1c[nH]c2ccccc12)NC(=O)[C@@H](NC(=O)[C@H](Cc1ccccc1)NC(=O)[C@H](Cc1ccccc1)NC(=O)[C@H](CC(=O)O)NC(=O)[C@H](Cc1ccc(O)cc1)NC(=O)[C@@H](N)C(C)C)C(C)C)C(=O)O. The molecule has 0 aliphatic heterocycles. The molecule has 79 heavy (non-hydrogen) atoms. The second-order valence-corrected chi connectivity index (χ2v) is 20.7. The predicted molar refractivity (Wildman–Crippen MR) is 295 cm³/mol. The molecule has 0 aliphatic carbocycles. The number of benzene rings is 4. The Labute approximate surface area is 458 Å². The van der Waals surface area contributed by atoms with E-state index in [1.165, 1.54) is 24.3 Å². The van der Waals surface area contributed by atoms with Gasteiger partial charge in [-0.15, -0.1) is 0 Å². The molecule has 0 spiro atoms. The van der Waals surface area contributed by atoms with Crippen molar-refractivity contribution in [1.29, 1.82) is 0 Å². The number of carbonyl (C=O) groups is 9. The van der Waals surface area contributed by atoms with Crippen LogP contribution in [0.4, 0.5) is 0 Å². The molecule has 0 saturated heterocycles. The van der Waals surface area contributed by atoms with Crippen LogP contribution in [-0.4, -0.2) is 122 Å². The molecule has 0 bridgehead atoms. The second kappa shape index (κ2) is 29.2. The molecule has 8 atom stereocenters. The summed E-state index contributed by atoms with van der Waals surface area (Å²) in [5, 5.41) is 49.1. The molecule has 0 fully saturated rings. The molecule has 5 aromatic rings. The Kier molecular flexibility index (Phi) is 22.7. The van der Waals surface area contributed by atoms with Gasteiger partial charge in [-0.3, -0.25) is 38.4 Å². The summed E-state index contributed by atoms with van der Waals surface area (Å²) >= 11 is 0. The summed E-state index contributed by atoms with van der Waals surface area (Å²) in [6.45, 7) is 10.4. The van der Waals surface area contributed by atoms with Crippen molar-refractivity contribution in [2.24, 2.45) is 23.5 Å². The molecule has 7 amide bonds. The number of carbonyl (C=O) groups excluding carboxylic acids is 7. The lowest BCUT2D eigenvalue weighted by Gasteiger charge is -2.29. The van der Waals surface area contributed by atoms with E-state index < -0.39 is 114 Å². The number of hydrogen-bond donors (Lipinski definition) is 12. The molecular formula is C58H73N9O12. The Morgan fingerprint density at radius 1 is 0.468 bits per heavy atom. The number of amides is 7. The first kappa shape index (κ1) is 61.3. The highest BCUT2D eigenvalue weighted by Crippen LogP contribution is 2.21. The van der Waals surface area contributed by atoms with E-state index >= 15 is 0 Å². The van der Waals surface area contributed by atoms with Crippen LogP contribution in [0.2, 0.25) is 0 Å². The van der Waals surface area contributed by atoms with Gasteiger partial charge in [0.1, 0.15) is 48.0 Å². The number of aliphatic carboxylic acids is 2. The third kappa shape index (κ3) is 18.8. The largest absolute Gasteiger partial charge is 0.508 e. The second-order valence-electron chi connectivity index (χ2n) is 20.7. The average Bonchev–Trinajstić information content (AvgIpc) is 3.82. The molecule has 422 valence electrons. The summed E-state index contributed by atoms with van der Waals surface area (Å²) in [5.74, 6) is -9.86. The van der Waals surface area contributed by atoms with Crippen LogP contribution in [0.5, 0.6) is 5.75 Å². The Hall–Kier alpha value is -8.59. The number of carboxylic acid groups (broad SMARTS) is 2. The fraction of sp³-hybridized carbons (Fsp3) is 0.397. The number of carboxylic acids is 2. The van der Waals surface area contributed by atoms with E-state index in [0.29, 0.717) is 22.3 Å². The van der Waals surface area contributed by atoms with Crippen molar-refractivity contribution >= 4 is 64.2 Å². The van der Waals surface area contributed by atoms with Crippen molar-refractivity contribution in [2.45, 2.75) is 128 Å². The van der Waals surface area contributed by atoms with Crippen molar-refractivity contribution in [3.8, 4) is 5.75 Å². The van der Waals surface area contributed by atoms with Gasteiger partial charge in [-0.25, -0.2) is 4.79 Å². The fourth-order valence-electron chi connectivity index (χ4n) is 8.71. The van der Waals surface area contributed by atoms with Crippen LogP contribution in [0, 0.1) is 17.8 Å². The number of para-hydroxylation sites is 1. The number of nitrogens with two attached hydrogens (primary N) is 1. The van der Waals surface area contributed by atoms with E-state index in [2.05, 4.69) is 42.2 Å². The minimum atomic E-state index is -1.81. The Morgan fingerprint density at radius 2 is 0.886 bits per heavy atom. The zero-order valence-electron chi connectivity index (χ0n) is 45.2. The summed E-state index contributed by atoms with van der Waals surface area (Å²) in [6, 6.07) is 19.1. The third-order valence-corrected chi connectivity index (χ3v) is 13.2. The van der Waals surface area contributed by atoms with Crippen LogP contribution in [0.1, 0.15) is 76.6 Å². The van der Waals surface area contributed by atoms with Crippen molar-refractivity contribution in [2.75, 3.05) is 0 Å². The predicted octanol–water partition coefficient (Wildman–Crippen LogP) is 2.78. The van der Waals surface area contributed by atoms with E-state index in [1.807, 2.05) is 38.1 Å². The van der Waals surface area contributed by atoms with Gasteiger partial charge in [0.25, 0.3) is 0 Å². The van der Waals surface area contributed by atoms with Crippen LogP contribution in [0.25, 0.3) is 10.9 Å². The van der Waals surface area contributed by atoms with Crippen molar-refractivity contribution in [3.63, 3.8) is 0 Å². The van der Waals surface area contributed by atoms with Gasteiger partial charge in [0.2, 0.25) is 41.4 Å². The molecular weight excluding hydrogens is 1010 g/mol. The minimum Gasteiger partial charge on any atom is -0.508 e. The van der Waals surface area contributed by atoms with E-state index in [0.717, 1.165) is 10.9 Å². The number of nitrogens with one attached hydrogen (secondary N) is 8. The molecule has 13 N–H and O–H groups in total. The van der Waals surface area contributed by atoms with Gasteiger partial charge in [-0.05, 0) is 64.6 Å². The summed E-state index contributed by atoms with van der Waals surface area (Å²) in [7, 11) is 0. The fourth-order valence-corrected chi connectivity index (χ4v) is 8.71. The number of aromatic amines is 1. The molecule has 0 unspecified atom stereocenters. The van der Waals surface area contributed by atoms with Crippen molar-refractivity contribution in [3.05, 3.63) is 138 Å². The quantitative estimate of drug-likeness (QED) is 0.0328. The number of fused-ring (bicyclic) bond motifs is 1. The van der Waals surface area contributed by atoms with E-state index in [9.17, 15) is 58.5 Å². The number of rotatable bonds is 29. The lowest BCUT2D eigenvalue weighted by atomic mass is 9.98. The van der Waals surface area contributed by atoms with Crippen LogP contribution in [0.3, 0.4) is 0 Å². The number of aromatic hydroxyl groups is 1. The maximum absolute atomic E-state index is 14.7. The van der Waals surface area contributed by atoms with Gasteiger partial charge < -0.3 is 63.3 Å². The number of H-pyrrole nitrogens is 1. The van der Waals surface area contributed by atoms with Crippen molar-refractivity contribution < 1.29 is 58.5 Å². The summed E-state index contributed by atoms with van der Waals surface area (Å²) in [4.78, 5) is 127. The molecule has 4 aromatic carbocycles. The maximum atomic E-state index is 14.7. The Morgan fingerprint density at radius 3 is 1.37 bits per heavy atom. The van der Waals surface area contributed by atoms with Gasteiger partial charge in [0, 0.05) is 42.8 Å². The van der Waals surface area contributed by atoms with Crippen molar-refractivity contribution in [1.82, 2.24) is 42.2 Å². The first-order chi connectivity index (χ1) is 37.5. The van der Waals surface area contributed by atoms with Crippen LogP contribution in [0.15, 0.2) is 115 Å². The first-order valence-electron chi connectivity index (χ1n) is 26.2. The molecule has 5 rings (SSSR count). The average molecular weight is 1090 g/mol. The van der Waals surface area contributed by atoms with E-state index in [4.69, 9.17) is 5.73 Å². The smallest absolute Gasteiger partial charge is 0.326 e. The molecule has 1 heterocycles. The lowest BCUT2D eigenvalue weighted by molar-refractivity contribution is -0.143. The van der Waals surface area contributed by atoms with Gasteiger partial charge in [0.15, 0.2) is 0 Å². The van der Waals surface area contributed by atoms with E-state index in [1.54, 1.807) is 94.6 Å². The monoisotopic (exact) mass is 1090 g/mol. The topological polar surface area (TPSA) is 340 Å².